The highest BCUT2D eigenvalue weighted by Gasteiger charge is 2.52. The first kappa shape index (κ1) is 18.1. The number of nitrogens with two attached hydrogens (primary N) is 1. The van der Waals surface area contributed by atoms with Crippen molar-refractivity contribution in [2.45, 2.75) is 57.0 Å². The molecule has 2 fully saturated rings. The molecule has 3 N–H and O–H groups in total. The summed E-state index contributed by atoms with van der Waals surface area (Å²) in [6.07, 6.45) is 4.43. The van der Waals surface area contributed by atoms with Crippen LogP contribution in [0.3, 0.4) is 0 Å². The molecule has 0 unspecified atom stereocenters. The van der Waals surface area contributed by atoms with E-state index in [0.29, 0.717) is 17.5 Å². The van der Waals surface area contributed by atoms with Crippen molar-refractivity contribution in [3.8, 4) is 5.75 Å². The van der Waals surface area contributed by atoms with Crippen molar-refractivity contribution in [2.24, 2.45) is 11.1 Å². The molecule has 3 rings (SSSR count). The van der Waals surface area contributed by atoms with E-state index < -0.39 is 5.41 Å². The van der Waals surface area contributed by atoms with Crippen molar-refractivity contribution in [2.75, 3.05) is 7.11 Å². The van der Waals surface area contributed by atoms with Crippen LogP contribution in [-0.4, -0.2) is 25.1 Å². The van der Waals surface area contributed by atoms with E-state index in [1.807, 2.05) is 38.1 Å². The summed E-state index contributed by atoms with van der Waals surface area (Å²) in [4.78, 5) is 12.6. The lowest BCUT2D eigenvalue weighted by Gasteiger charge is -2.57. The first-order valence-electron chi connectivity index (χ1n) is 8.06. The average Bonchev–Trinajstić information content (AvgIpc) is 2.43. The molecule has 0 aromatic heterocycles. The van der Waals surface area contributed by atoms with Crippen LogP contribution in [0.5, 0.6) is 5.75 Å². The Balaban J connectivity index is 0.00000192. The summed E-state index contributed by atoms with van der Waals surface area (Å²) < 4.78 is 5.17. The van der Waals surface area contributed by atoms with Crippen LogP contribution in [0.25, 0.3) is 0 Å². The number of halogens is 1. The maximum Gasteiger partial charge on any atom is 0.230 e. The van der Waals surface area contributed by atoms with Gasteiger partial charge >= 0.3 is 0 Å². The number of carbonyl (C=O) groups is 1. The van der Waals surface area contributed by atoms with Crippen LogP contribution in [0.2, 0.25) is 0 Å². The predicted octanol–water partition coefficient (Wildman–Crippen LogP) is 2.78. The number of benzene rings is 1. The fourth-order valence-corrected chi connectivity index (χ4v) is 3.98. The maximum absolute atomic E-state index is 12.6. The molecule has 0 saturated heterocycles. The molecule has 0 atom stereocenters. The molecule has 2 aliphatic carbocycles. The predicted molar refractivity (Wildman–Crippen MR) is 94.1 cm³/mol. The number of rotatable bonds is 4. The molecule has 23 heavy (non-hydrogen) atoms. The van der Waals surface area contributed by atoms with Crippen LogP contribution >= 0.6 is 12.4 Å². The molecule has 2 saturated carbocycles. The summed E-state index contributed by atoms with van der Waals surface area (Å²) in [5, 5.41) is 3.21. The molecule has 1 spiro atoms. The van der Waals surface area contributed by atoms with E-state index in [1.54, 1.807) is 7.11 Å². The molecule has 5 heteroatoms. The summed E-state index contributed by atoms with van der Waals surface area (Å²) in [6, 6.07) is 8.43. The number of methoxy groups -OCH3 is 1. The van der Waals surface area contributed by atoms with Gasteiger partial charge in [-0.05, 0) is 62.6 Å². The second kappa shape index (κ2) is 6.33. The van der Waals surface area contributed by atoms with Gasteiger partial charge in [0.05, 0.1) is 12.5 Å². The number of hydrogen-bond acceptors (Lipinski definition) is 3. The smallest absolute Gasteiger partial charge is 0.230 e. The normalized spacial score (nSPS) is 29.0. The minimum absolute atomic E-state index is 0. The minimum Gasteiger partial charge on any atom is -0.497 e. The highest BCUT2D eigenvalue weighted by Crippen LogP contribution is 2.55. The van der Waals surface area contributed by atoms with Crippen LogP contribution in [0.4, 0.5) is 0 Å². The number of hydrogen-bond donors (Lipinski definition) is 2. The first-order valence-corrected chi connectivity index (χ1v) is 8.06. The summed E-state index contributed by atoms with van der Waals surface area (Å²) in [5.41, 5.74) is 6.80. The van der Waals surface area contributed by atoms with Gasteiger partial charge in [-0.25, -0.2) is 0 Å². The highest BCUT2D eigenvalue weighted by atomic mass is 35.5. The topological polar surface area (TPSA) is 64.3 Å². The van der Waals surface area contributed by atoms with Crippen LogP contribution in [0.15, 0.2) is 24.3 Å². The molecule has 1 amide bonds. The van der Waals surface area contributed by atoms with Crippen LogP contribution < -0.4 is 15.8 Å². The van der Waals surface area contributed by atoms with Crippen molar-refractivity contribution in [3.05, 3.63) is 29.8 Å². The molecule has 2 aliphatic rings. The molecule has 128 valence electrons. The summed E-state index contributed by atoms with van der Waals surface area (Å²) in [6.45, 7) is 3.94. The molecule has 4 nitrogen and oxygen atoms in total. The largest absolute Gasteiger partial charge is 0.497 e. The Bertz CT molecular complexity index is 557. The molecular formula is C18H27ClN2O2. The van der Waals surface area contributed by atoms with Gasteiger partial charge in [0.15, 0.2) is 0 Å². The molecule has 0 aliphatic heterocycles. The van der Waals surface area contributed by atoms with E-state index in [-0.39, 0.29) is 18.3 Å². The molecule has 0 heterocycles. The Labute approximate surface area is 144 Å². The van der Waals surface area contributed by atoms with Gasteiger partial charge in [0.1, 0.15) is 5.75 Å². The fraction of sp³-hybridized carbons (Fsp3) is 0.611. The monoisotopic (exact) mass is 338 g/mol. The highest BCUT2D eigenvalue weighted by molar-refractivity contribution is 5.87. The molecular weight excluding hydrogens is 312 g/mol. The molecule has 0 bridgehead atoms. The van der Waals surface area contributed by atoms with Crippen LogP contribution in [-0.2, 0) is 10.2 Å². The van der Waals surface area contributed by atoms with Gasteiger partial charge < -0.3 is 15.8 Å². The lowest BCUT2D eigenvalue weighted by atomic mass is 9.52. The van der Waals surface area contributed by atoms with Gasteiger partial charge in [-0.2, -0.15) is 0 Å². The number of amides is 1. The van der Waals surface area contributed by atoms with E-state index in [9.17, 15) is 4.79 Å². The van der Waals surface area contributed by atoms with Gasteiger partial charge in [0.25, 0.3) is 0 Å². The quantitative estimate of drug-likeness (QED) is 0.887. The standard InChI is InChI=1S/C18H26N2O2.ClH/c1-17(2,12-4-6-15(22-3)7-5-12)16(21)20-14-10-18(11-14)8-13(19)9-18;/h4-7,13-14H,8-11,19H2,1-3H3,(H,20,21);1H. The minimum atomic E-state index is -0.537. The Morgan fingerprint density at radius 3 is 2.26 bits per heavy atom. The summed E-state index contributed by atoms with van der Waals surface area (Å²) in [5.74, 6) is 0.906. The fourth-order valence-electron chi connectivity index (χ4n) is 3.98. The van der Waals surface area contributed by atoms with Crippen molar-refractivity contribution in [1.82, 2.24) is 5.32 Å². The maximum atomic E-state index is 12.6. The van der Waals surface area contributed by atoms with Crippen molar-refractivity contribution in [3.63, 3.8) is 0 Å². The van der Waals surface area contributed by atoms with Crippen molar-refractivity contribution in [1.29, 1.82) is 0 Å². The molecule has 1 aromatic carbocycles. The van der Waals surface area contributed by atoms with E-state index in [4.69, 9.17) is 10.5 Å². The Kier molecular flexibility index (Phi) is 4.97. The second-order valence-electron chi connectivity index (χ2n) is 7.60. The Morgan fingerprint density at radius 1 is 1.22 bits per heavy atom. The number of carbonyl (C=O) groups excluding carboxylic acids is 1. The van der Waals surface area contributed by atoms with Gasteiger partial charge in [-0.1, -0.05) is 12.1 Å². The third-order valence-electron chi connectivity index (χ3n) is 5.46. The number of ether oxygens (including phenoxy) is 1. The molecule has 1 aromatic rings. The van der Waals surface area contributed by atoms with E-state index in [1.165, 1.54) is 0 Å². The zero-order valence-electron chi connectivity index (χ0n) is 14.1. The van der Waals surface area contributed by atoms with Crippen molar-refractivity contribution >= 4 is 18.3 Å². The Morgan fingerprint density at radius 2 is 1.78 bits per heavy atom. The van der Waals surface area contributed by atoms with Crippen LogP contribution in [0, 0.1) is 5.41 Å². The lowest BCUT2D eigenvalue weighted by molar-refractivity contribution is -0.129. The summed E-state index contributed by atoms with van der Waals surface area (Å²) in [7, 11) is 1.64. The first-order chi connectivity index (χ1) is 10.3. The average molecular weight is 339 g/mol. The summed E-state index contributed by atoms with van der Waals surface area (Å²) >= 11 is 0. The third-order valence-corrected chi connectivity index (χ3v) is 5.46. The van der Waals surface area contributed by atoms with Gasteiger partial charge in [-0.3, -0.25) is 4.79 Å². The molecule has 0 radical (unpaired) electrons. The zero-order valence-corrected chi connectivity index (χ0v) is 14.9. The zero-order chi connectivity index (χ0) is 16.0. The van der Waals surface area contributed by atoms with Gasteiger partial charge in [-0.15, -0.1) is 12.4 Å². The Hall–Kier alpha value is -1.26. The lowest BCUT2D eigenvalue weighted by Crippen LogP contribution is -2.60. The third kappa shape index (κ3) is 3.33. The van der Waals surface area contributed by atoms with Crippen molar-refractivity contribution < 1.29 is 9.53 Å². The van der Waals surface area contributed by atoms with Gasteiger partial charge in [0, 0.05) is 12.1 Å². The van der Waals surface area contributed by atoms with Gasteiger partial charge in [0.2, 0.25) is 5.91 Å². The number of nitrogens with one attached hydrogen (secondary N) is 1. The second-order valence-corrected chi connectivity index (χ2v) is 7.60. The van der Waals surface area contributed by atoms with E-state index >= 15 is 0 Å². The SMILES string of the molecule is COc1ccc(C(C)(C)C(=O)NC2CC3(CC(N)C3)C2)cc1.Cl. The van der Waals surface area contributed by atoms with E-state index in [2.05, 4.69) is 5.32 Å². The van der Waals surface area contributed by atoms with E-state index in [0.717, 1.165) is 37.0 Å². The van der Waals surface area contributed by atoms with Crippen LogP contribution in [0.1, 0.15) is 45.1 Å².